The number of thioether (sulfide) groups is 1. The minimum Gasteiger partial charge on any atom is -0.493 e. The van der Waals surface area contributed by atoms with Gasteiger partial charge in [-0.1, -0.05) is 23.2 Å². The second kappa shape index (κ2) is 11.2. The molecule has 0 saturated heterocycles. The van der Waals surface area contributed by atoms with Crippen LogP contribution in [0, 0.1) is 0 Å². The van der Waals surface area contributed by atoms with E-state index in [1.807, 2.05) is 6.07 Å². The molecule has 180 valence electrons. The number of hydrogen-bond acceptors (Lipinski definition) is 6. The lowest BCUT2D eigenvalue weighted by Gasteiger charge is -2.14. The van der Waals surface area contributed by atoms with Crippen LogP contribution in [0.4, 0.5) is 11.4 Å². The molecule has 0 fully saturated rings. The van der Waals surface area contributed by atoms with Crippen LogP contribution in [0.25, 0.3) is 0 Å². The zero-order valence-corrected chi connectivity index (χ0v) is 21.6. The Hall–Kier alpha value is -2.59. The van der Waals surface area contributed by atoms with Crippen molar-refractivity contribution in [3.8, 4) is 11.5 Å². The summed E-state index contributed by atoms with van der Waals surface area (Å²) in [5.74, 6) is 0.944. The number of carbonyl (C=O) groups is 1. The first-order chi connectivity index (χ1) is 16.1. The number of hydrogen-bond donors (Lipinski definition) is 2. The van der Waals surface area contributed by atoms with E-state index in [1.165, 1.54) is 54.2 Å². The monoisotopic (exact) mass is 540 g/mol. The van der Waals surface area contributed by atoms with E-state index in [1.54, 1.807) is 33.3 Å². The van der Waals surface area contributed by atoms with Gasteiger partial charge in [0, 0.05) is 20.6 Å². The van der Waals surface area contributed by atoms with E-state index in [9.17, 15) is 13.2 Å². The molecule has 0 aliphatic carbocycles. The first kappa shape index (κ1) is 26.0. The van der Waals surface area contributed by atoms with E-state index in [2.05, 4.69) is 10.0 Å². The van der Waals surface area contributed by atoms with Crippen molar-refractivity contribution in [1.29, 1.82) is 0 Å². The van der Waals surface area contributed by atoms with Gasteiger partial charge in [-0.3, -0.25) is 9.52 Å². The summed E-state index contributed by atoms with van der Waals surface area (Å²) in [7, 11) is -0.764. The fourth-order valence-corrected chi connectivity index (χ4v) is 5.40. The van der Waals surface area contributed by atoms with Crippen LogP contribution in [0.2, 0.25) is 10.0 Å². The predicted octanol–water partition coefficient (Wildman–Crippen LogP) is 5.93. The molecule has 0 saturated carbocycles. The minimum absolute atomic E-state index is 0.0225. The van der Waals surface area contributed by atoms with Crippen molar-refractivity contribution < 1.29 is 22.7 Å². The molecule has 0 aromatic heterocycles. The zero-order chi connectivity index (χ0) is 24.9. The Morgan fingerprint density at radius 1 is 0.882 bits per heavy atom. The first-order valence-corrected chi connectivity index (χ1v) is 13.0. The van der Waals surface area contributed by atoms with E-state index in [-0.39, 0.29) is 16.5 Å². The largest absolute Gasteiger partial charge is 0.493 e. The Bertz CT molecular complexity index is 1260. The lowest BCUT2D eigenvalue weighted by Crippen LogP contribution is -2.22. The Balaban J connectivity index is 1.64. The van der Waals surface area contributed by atoms with Gasteiger partial charge in [-0.25, -0.2) is 8.42 Å². The minimum atomic E-state index is -3.87. The molecule has 0 bridgehead atoms. The Kier molecular flexibility index (Phi) is 8.59. The smallest absolute Gasteiger partial charge is 0.261 e. The topological polar surface area (TPSA) is 93.7 Å². The highest BCUT2D eigenvalue weighted by molar-refractivity contribution is 8.00. The average molecular weight is 541 g/mol. The second-order valence-corrected chi connectivity index (χ2v) is 11.0. The van der Waals surface area contributed by atoms with Crippen LogP contribution >= 0.6 is 35.0 Å². The Morgan fingerprint density at radius 3 is 2.09 bits per heavy atom. The summed E-state index contributed by atoms with van der Waals surface area (Å²) in [6.45, 7) is 1.77. The Labute approximate surface area is 212 Å². The lowest BCUT2D eigenvalue weighted by molar-refractivity contribution is -0.115. The summed E-state index contributed by atoms with van der Waals surface area (Å²) in [4.78, 5) is 13.5. The number of amides is 1. The third-order valence-corrected chi connectivity index (χ3v) is 7.51. The molecule has 7 nitrogen and oxygen atoms in total. The number of sulfonamides is 1. The van der Waals surface area contributed by atoms with E-state index in [4.69, 9.17) is 32.7 Å². The number of nitrogens with one attached hydrogen (secondary N) is 2. The molecule has 0 heterocycles. The molecule has 1 atom stereocenters. The van der Waals surface area contributed by atoms with Gasteiger partial charge in [0.25, 0.3) is 10.0 Å². The molecular formula is C23H22Cl2N2O5S2. The average Bonchev–Trinajstić information content (AvgIpc) is 2.78. The number of methoxy groups -OCH3 is 2. The molecule has 1 amide bonds. The van der Waals surface area contributed by atoms with Gasteiger partial charge >= 0.3 is 0 Å². The fourth-order valence-electron chi connectivity index (χ4n) is 2.94. The normalized spacial score (nSPS) is 12.0. The van der Waals surface area contributed by atoms with Crippen molar-refractivity contribution in [3.63, 3.8) is 0 Å². The lowest BCUT2D eigenvalue weighted by atomic mass is 10.3. The first-order valence-electron chi connectivity index (χ1n) is 9.90. The van der Waals surface area contributed by atoms with Gasteiger partial charge in [0.2, 0.25) is 5.91 Å². The van der Waals surface area contributed by atoms with Gasteiger partial charge in [0.15, 0.2) is 11.5 Å². The van der Waals surface area contributed by atoms with Crippen LogP contribution in [0.5, 0.6) is 11.5 Å². The van der Waals surface area contributed by atoms with Gasteiger partial charge in [-0.2, -0.15) is 0 Å². The molecule has 34 heavy (non-hydrogen) atoms. The van der Waals surface area contributed by atoms with Crippen molar-refractivity contribution >= 4 is 62.3 Å². The second-order valence-electron chi connectivity index (χ2n) is 7.05. The van der Waals surface area contributed by atoms with Crippen LogP contribution in [0.15, 0.2) is 70.5 Å². The number of benzene rings is 3. The molecule has 3 rings (SSSR count). The van der Waals surface area contributed by atoms with Crippen LogP contribution in [-0.4, -0.2) is 33.8 Å². The standard InChI is InChI=1S/C23H22Cl2N2O5S2/c1-14(33-19-6-9-21(31-2)22(13-19)32-3)23(28)26-17-4-7-20(8-5-17)34(29,30)27-18-11-15(24)10-16(25)12-18/h4-14,27H,1-3H3,(H,26,28)/t14-/m1/s1. The summed E-state index contributed by atoms with van der Waals surface area (Å²) in [6, 6.07) is 15.7. The summed E-state index contributed by atoms with van der Waals surface area (Å²) in [5.41, 5.74) is 0.713. The van der Waals surface area contributed by atoms with Crippen molar-refractivity contribution in [1.82, 2.24) is 0 Å². The number of halogens is 2. The van der Waals surface area contributed by atoms with E-state index < -0.39 is 15.3 Å². The van der Waals surface area contributed by atoms with Crippen molar-refractivity contribution in [2.45, 2.75) is 22.0 Å². The molecule has 0 unspecified atom stereocenters. The van der Waals surface area contributed by atoms with Gasteiger partial charge in [-0.05, 0) is 67.6 Å². The predicted molar refractivity (Wildman–Crippen MR) is 137 cm³/mol. The van der Waals surface area contributed by atoms with Crippen LogP contribution in [-0.2, 0) is 14.8 Å². The van der Waals surface area contributed by atoms with E-state index in [0.717, 1.165) is 4.90 Å². The fraction of sp³-hybridized carbons (Fsp3) is 0.174. The van der Waals surface area contributed by atoms with E-state index >= 15 is 0 Å². The summed E-state index contributed by atoms with van der Waals surface area (Å²) in [5, 5.41) is 2.99. The third kappa shape index (κ3) is 6.73. The molecule has 3 aromatic carbocycles. The Morgan fingerprint density at radius 2 is 1.50 bits per heavy atom. The van der Waals surface area contributed by atoms with Gasteiger partial charge < -0.3 is 14.8 Å². The third-order valence-electron chi connectivity index (χ3n) is 4.58. The molecule has 0 aliphatic rings. The molecule has 0 aliphatic heterocycles. The van der Waals surface area contributed by atoms with Crippen molar-refractivity contribution in [2.75, 3.05) is 24.3 Å². The van der Waals surface area contributed by atoms with Gasteiger partial charge in [0.05, 0.1) is 30.1 Å². The number of carbonyl (C=O) groups excluding carboxylic acids is 1. The summed E-state index contributed by atoms with van der Waals surface area (Å²) in [6.07, 6.45) is 0. The highest BCUT2D eigenvalue weighted by Gasteiger charge is 2.18. The molecular weight excluding hydrogens is 519 g/mol. The summed E-state index contributed by atoms with van der Waals surface area (Å²) < 4.78 is 38.3. The van der Waals surface area contributed by atoms with Crippen LogP contribution in [0.3, 0.4) is 0 Å². The molecule has 3 aromatic rings. The molecule has 2 N–H and O–H groups in total. The number of ether oxygens (including phenoxy) is 2. The van der Waals surface area contributed by atoms with Crippen LogP contribution in [0.1, 0.15) is 6.92 Å². The maximum atomic E-state index is 12.7. The maximum Gasteiger partial charge on any atom is 0.261 e. The highest BCUT2D eigenvalue weighted by atomic mass is 35.5. The van der Waals surface area contributed by atoms with Crippen LogP contribution < -0.4 is 19.5 Å². The molecule has 11 heteroatoms. The maximum absolute atomic E-state index is 12.7. The SMILES string of the molecule is COc1ccc(S[C@H](C)C(=O)Nc2ccc(S(=O)(=O)Nc3cc(Cl)cc(Cl)c3)cc2)cc1OC. The molecule has 0 radical (unpaired) electrons. The number of rotatable bonds is 9. The summed E-state index contributed by atoms with van der Waals surface area (Å²) >= 11 is 13.2. The van der Waals surface area contributed by atoms with Crippen molar-refractivity contribution in [3.05, 3.63) is 70.7 Å². The van der Waals surface area contributed by atoms with Gasteiger partial charge in [-0.15, -0.1) is 11.8 Å². The quantitative estimate of drug-likeness (QED) is 0.326. The van der Waals surface area contributed by atoms with E-state index in [0.29, 0.717) is 27.2 Å². The zero-order valence-electron chi connectivity index (χ0n) is 18.5. The number of anilines is 2. The van der Waals surface area contributed by atoms with Crippen molar-refractivity contribution in [2.24, 2.45) is 0 Å². The molecule has 0 spiro atoms. The highest BCUT2D eigenvalue weighted by Crippen LogP contribution is 2.34. The van der Waals surface area contributed by atoms with Gasteiger partial charge in [0.1, 0.15) is 0 Å².